The third kappa shape index (κ3) is 2.77. The largest absolute Gasteiger partial charge is 0.369 e. The quantitative estimate of drug-likeness (QED) is 0.853. The van der Waals surface area contributed by atoms with Crippen LogP contribution in [0.5, 0.6) is 0 Å². The first-order chi connectivity index (χ1) is 9.48. The molecule has 0 unspecified atom stereocenters. The fourth-order valence-electron chi connectivity index (χ4n) is 2.46. The lowest BCUT2D eigenvalue weighted by Gasteiger charge is -2.35. The highest BCUT2D eigenvalue weighted by molar-refractivity contribution is 7.90. The maximum atomic E-state index is 12.2. The lowest BCUT2D eigenvalue weighted by molar-refractivity contribution is 0.384. The number of hydrogen-bond donors (Lipinski definition) is 0. The molecule has 4 nitrogen and oxygen atoms in total. The summed E-state index contributed by atoms with van der Waals surface area (Å²) in [6, 6.07) is 5.51. The molecule has 0 spiro atoms. The normalized spacial score (nSPS) is 21.2. The van der Waals surface area contributed by atoms with Crippen LogP contribution in [0, 0.1) is 0 Å². The molecule has 0 bridgehead atoms. The Kier molecular flexibility index (Phi) is 3.88. The highest BCUT2D eigenvalue weighted by Gasteiger charge is 2.40. The monoisotopic (exact) mass is 334 g/mol. The first kappa shape index (κ1) is 14.4. The van der Waals surface area contributed by atoms with Gasteiger partial charge in [0.15, 0.2) is 0 Å². The van der Waals surface area contributed by atoms with Gasteiger partial charge in [-0.15, -0.1) is 0 Å². The summed E-state index contributed by atoms with van der Waals surface area (Å²) in [4.78, 5) is 2.14. The average molecular weight is 335 g/mol. The lowest BCUT2D eigenvalue weighted by atomic mass is 10.2. The van der Waals surface area contributed by atoms with E-state index in [-0.39, 0.29) is 5.25 Å². The molecule has 20 heavy (non-hydrogen) atoms. The molecule has 1 aromatic rings. The Morgan fingerprint density at radius 3 is 2.20 bits per heavy atom. The smallest absolute Gasteiger partial charge is 0.217 e. The Hall–Kier alpha value is -0.490. The molecule has 3 rings (SSSR count). The zero-order valence-electron chi connectivity index (χ0n) is 10.9. The standard InChI is InChI=1S/C13H16Cl2N2O2S/c14-12-4-1-10(9-13(12)15)16-5-7-17(8-6-16)20(18,19)11-2-3-11/h1,4,9,11H,2-3,5-8H2. The SMILES string of the molecule is O=S(=O)(C1CC1)N1CCN(c2ccc(Cl)c(Cl)c2)CC1. The molecule has 2 fully saturated rings. The fourth-order valence-corrected chi connectivity index (χ4v) is 4.58. The maximum absolute atomic E-state index is 12.2. The third-order valence-electron chi connectivity index (χ3n) is 3.81. The second-order valence-electron chi connectivity index (χ2n) is 5.23. The molecule has 0 radical (unpaired) electrons. The summed E-state index contributed by atoms with van der Waals surface area (Å²) in [6.07, 6.45) is 1.63. The van der Waals surface area contributed by atoms with E-state index in [4.69, 9.17) is 23.2 Å². The highest BCUT2D eigenvalue weighted by Crippen LogP contribution is 2.32. The van der Waals surface area contributed by atoms with Gasteiger partial charge >= 0.3 is 0 Å². The van der Waals surface area contributed by atoms with Gasteiger partial charge in [-0.3, -0.25) is 0 Å². The maximum Gasteiger partial charge on any atom is 0.217 e. The molecular formula is C13H16Cl2N2O2S. The summed E-state index contributed by atoms with van der Waals surface area (Å²) in [5.74, 6) is 0. The number of anilines is 1. The van der Waals surface area contributed by atoms with Crippen LogP contribution in [0.4, 0.5) is 5.69 Å². The topological polar surface area (TPSA) is 40.6 Å². The van der Waals surface area contributed by atoms with Gasteiger partial charge in [0.25, 0.3) is 0 Å². The molecule has 0 aromatic heterocycles. The van der Waals surface area contributed by atoms with E-state index in [1.54, 1.807) is 10.4 Å². The molecule has 1 heterocycles. The molecular weight excluding hydrogens is 319 g/mol. The van der Waals surface area contributed by atoms with Crippen molar-refractivity contribution in [1.29, 1.82) is 0 Å². The fraction of sp³-hybridized carbons (Fsp3) is 0.538. The number of piperazine rings is 1. The Balaban J connectivity index is 1.67. The van der Waals surface area contributed by atoms with E-state index < -0.39 is 10.0 Å². The molecule has 1 saturated heterocycles. The molecule has 0 amide bonds. The Labute approximate surface area is 129 Å². The predicted octanol–water partition coefficient (Wildman–Crippen LogP) is 2.61. The molecule has 0 atom stereocenters. The van der Waals surface area contributed by atoms with Gasteiger partial charge in [-0.1, -0.05) is 23.2 Å². The summed E-state index contributed by atoms with van der Waals surface area (Å²) in [6.45, 7) is 2.45. The number of hydrogen-bond acceptors (Lipinski definition) is 3. The van der Waals surface area contributed by atoms with Crippen LogP contribution in [0.15, 0.2) is 18.2 Å². The van der Waals surface area contributed by atoms with Crippen molar-refractivity contribution in [3.63, 3.8) is 0 Å². The van der Waals surface area contributed by atoms with Gasteiger partial charge in [0.1, 0.15) is 0 Å². The van der Waals surface area contributed by atoms with Crippen LogP contribution in [0.1, 0.15) is 12.8 Å². The van der Waals surface area contributed by atoms with Gasteiger partial charge in [0.05, 0.1) is 15.3 Å². The van der Waals surface area contributed by atoms with Crippen molar-refractivity contribution in [2.75, 3.05) is 31.1 Å². The van der Waals surface area contributed by atoms with E-state index in [0.717, 1.165) is 18.5 Å². The van der Waals surface area contributed by atoms with Crippen molar-refractivity contribution in [1.82, 2.24) is 4.31 Å². The highest BCUT2D eigenvalue weighted by atomic mass is 35.5. The predicted molar refractivity (Wildman–Crippen MR) is 82.2 cm³/mol. The van der Waals surface area contributed by atoms with Gasteiger partial charge in [0.2, 0.25) is 10.0 Å². The minimum Gasteiger partial charge on any atom is -0.369 e. The minimum absolute atomic E-state index is 0.126. The molecule has 110 valence electrons. The Morgan fingerprint density at radius 2 is 1.65 bits per heavy atom. The molecule has 7 heteroatoms. The van der Waals surface area contributed by atoms with Crippen molar-refractivity contribution < 1.29 is 8.42 Å². The summed E-state index contributed by atoms with van der Waals surface area (Å²) in [5, 5.41) is 0.932. The molecule has 1 aromatic carbocycles. The lowest BCUT2D eigenvalue weighted by Crippen LogP contribution is -2.49. The molecule has 1 aliphatic carbocycles. The number of halogens is 2. The summed E-state index contributed by atoms with van der Waals surface area (Å²) < 4.78 is 25.9. The zero-order chi connectivity index (χ0) is 14.3. The Bertz CT molecular complexity index is 609. The van der Waals surface area contributed by atoms with Crippen LogP contribution in [0.2, 0.25) is 10.0 Å². The molecule has 0 N–H and O–H groups in total. The van der Waals surface area contributed by atoms with Crippen molar-refractivity contribution in [2.24, 2.45) is 0 Å². The van der Waals surface area contributed by atoms with Crippen molar-refractivity contribution in [3.05, 3.63) is 28.2 Å². The van der Waals surface area contributed by atoms with Crippen molar-refractivity contribution in [2.45, 2.75) is 18.1 Å². The van der Waals surface area contributed by atoms with Gasteiger partial charge < -0.3 is 4.90 Å². The summed E-state index contributed by atoms with van der Waals surface area (Å²) in [7, 11) is -3.05. The third-order valence-corrected chi connectivity index (χ3v) is 6.95. The van der Waals surface area contributed by atoms with Gasteiger partial charge in [0, 0.05) is 31.9 Å². The van der Waals surface area contributed by atoms with Crippen LogP contribution in [-0.4, -0.2) is 44.2 Å². The van der Waals surface area contributed by atoms with Crippen LogP contribution in [0.25, 0.3) is 0 Å². The second-order valence-corrected chi connectivity index (χ2v) is 8.26. The van der Waals surface area contributed by atoms with Crippen LogP contribution in [0.3, 0.4) is 0 Å². The second kappa shape index (κ2) is 5.37. The zero-order valence-corrected chi connectivity index (χ0v) is 13.3. The first-order valence-corrected chi connectivity index (χ1v) is 8.93. The van der Waals surface area contributed by atoms with Crippen molar-refractivity contribution in [3.8, 4) is 0 Å². The van der Waals surface area contributed by atoms with E-state index >= 15 is 0 Å². The average Bonchev–Trinajstić information content (AvgIpc) is 3.27. The van der Waals surface area contributed by atoms with E-state index in [2.05, 4.69) is 4.90 Å². The Morgan fingerprint density at radius 1 is 1.00 bits per heavy atom. The minimum atomic E-state index is -3.05. The van der Waals surface area contributed by atoms with Gasteiger partial charge in [-0.2, -0.15) is 4.31 Å². The molecule has 2 aliphatic rings. The first-order valence-electron chi connectivity index (χ1n) is 6.67. The van der Waals surface area contributed by atoms with E-state index in [1.165, 1.54) is 0 Å². The molecule has 1 aliphatic heterocycles. The number of nitrogens with zero attached hydrogens (tertiary/aromatic N) is 2. The van der Waals surface area contributed by atoms with Crippen molar-refractivity contribution >= 4 is 38.9 Å². The summed E-state index contributed by atoms with van der Waals surface area (Å²) >= 11 is 11.9. The van der Waals surface area contributed by atoms with E-state index in [9.17, 15) is 8.42 Å². The molecule has 1 saturated carbocycles. The van der Waals surface area contributed by atoms with Gasteiger partial charge in [-0.05, 0) is 31.0 Å². The summed E-state index contributed by atoms with van der Waals surface area (Å²) in [5.41, 5.74) is 0.989. The number of rotatable bonds is 3. The van der Waals surface area contributed by atoms with Crippen LogP contribution >= 0.6 is 23.2 Å². The van der Waals surface area contributed by atoms with Crippen LogP contribution < -0.4 is 4.90 Å². The van der Waals surface area contributed by atoms with E-state index in [0.29, 0.717) is 36.2 Å². The number of benzene rings is 1. The van der Waals surface area contributed by atoms with Crippen LogP contribution in [-0.2, 0) is 10.0 Å². The number of sulfonamides is 1. The van der Waals surface area contributed by atoms with Gasteiger partial charge in [-0.25, -0.2) is 8.42 Å². The van der Waals surface area contributed by atoms with E-state index in [1.807, 2.05) is 12.1 Å².